The number of hydrogen-bond donors (Lipinski definition) is 0. The van der Waals surface area contributed by atoms with Crippen molar-refractivity contribution in [2.45, 2.75) is 11.8 Å². The Kier molecular flexibility index (Phi) is 3.82. The molecule has 3 rings (SSSR count). The molecule has 0 radical (unpaired) electrons. The second-order valence-corrected chi connectivity index (χ2v) is 6.28. The SMILES string of the molecule is Cc1cccc(C(Br)c2ccc(Cl)c3ccccc23)c1. The second-order valence-electron chi connectivity index (χ2n) is 4.96. The third-order valence-corrected chi connectivity index (χ3v) is 4.86. The summed E-state index contributed by atoms with van der Waals surface area (Å²) in [5.41, 5.74) is 3.78. The topological polar surface area (TPSA) is 0 Å². The van der Waals surface area contributed by atoms with E-state index in [4.69, 9.17) is 11.6 Å². The largest absolute Gasteiger partial charge is 0.0837 e. The average molecular weight is 346 g/mol. The molecule has 0 aromatic heterocycles. The van der Waals surface area contributed by atoms with Gasteiger partial charge in [-0.2, -0.15) is 0 Å². The van der Waals surface area contributed by atoms with E-state index < -0.39 is 0 Å². The average Bonchev–Trinajstić information content (AvgIpc) is 2.47. The van der Waals surface area contributed by atoms with E-state index in [1.807, 2.05) is 12.1 Å². The summed E-state index contributed by atoms with van der Waals surface area (Å²) >= 11 is 10.1. The lowest BCUT2D eigenvalue weighted by molar-refractivity contribution is 1.19. The van der Waals surface area contributed by atoms with Crippen LogP contribution < -0.4 is 0 Å². The highest BCUT2D eigenvalue weighted by atomic mass is 79.9. The fourth-order valence-corrected chi connectivity index (χ4v) is 3.43. The normalized spacial score (nSPS) is 12.6. The Morgan fingerprint density at radius 2 is 1.65 bits per heavy atom. The lowest BCUT2D eigenvalue weighted by atomic mass is 9.97. The van der Waals surface area contributed by atoms with Gasteiger partial charge in [-0.15, -0.1) is 0 Å². The molecule has 0 aliphatic carbocycles. The molecule has 2 heteroatoms. The van der Waals surface area contributed by atoms with E-state index in [0.29, 0.717) is 0 Å². The van der Waals surface area contributed by atoms with Crippen molar-refractivity contribution in [3.63, 3.8) is 0 Å². The number of alkyl halides is 1. The number of rotatable bonds is 2. The van der Waals surface area contributed by atoms with Crippen LogP contribution in [-0.4, -0.2) is 0 Å². The molecule has 0 fully saturated rings. The lowest BCUT2D eigenvalue weighted by Gasteiger charge is -2.15. The van der Waals surface area contributed by atoms with Gasteiger partial charge in [-0.3, -0.25) is 0 Å². The number of hydrogen-bond acceptors (Lipinski definition) is 0. The smallest absolute Gasteiger partial charge is 0.0650 e. The zero-order valence-corrected chi connectivity index (χ0v) is 13.4. The van der Waals surface area contributed by atoms with E-state index in [9.17, 15) is 0 Å². The lowest BCUT2D eigenvalue weighted by Crippen LogP contribution is -1.95. The van der Waals surface area contributed by atoms with E-state index in [1.165, 1.54) is 22.1 Å². The van der Waals surface area contributed by atoms with Gasteiger partial charge in [-0.25, -0.2) is 0 Å². The predicted molar refractivity (Wildman–Crippen MR) is 90.9 cm³/mol. The Morgan fingerprint density at radius 3 is 2.40 bits per heavy atom. The molecule has 3 aromatic carbocycles. The van der Waals surface area contributed by atoms with Crippen LogP contribution in [-0.2, 0) is 0 Å². The monoisotopic (exact) mass is 344 g/mol. The van der Waals surface area contributed by atoms with Crippen molar-refractivity contribution in [3.8, 4) is 0 Å². The van der Waals surface area contributed by atoms with E-state index in [0.717, 1.165) is 10.4 Å². The van der Waals surface area contributed by atoms with Gasteiger partial charge in [0.1, 0.15) is 0 Å². The number of benzene rings is 3. The summed E-state index contributed by atoms with van der Waals surface area (Å²) in [6, 6.07) is 20.9. The van der Waals surface area contributed by atoms with Gasteiger partial charge in [0.2, 0.25) is 0 Å². The Morgan fingerprint density at radius 1 is 0.900 bits per heavy atom. The Bertz CT molecular complexity index is 764. The first-order valence-electron chi connectivity index (χ1n) is 6.54. The highest BCUT2D eigenvalue weighted by Crippen LogP contribution is 2.37. The highest BCUT2D eigenvalue weighted by molar-refractivity contribution is 9.09. The molecule has 0 spiro atoms. The van der Waals surface area contributed by atoms with Crippen LogP contribution in [0.25, 0.3) is 10.8 Å². The molecule has 0 heterocycles. The van der Waals surface area contributed by atoms with E-state index >= 15 is 0 Å². The van der Waals surface area contributed by atoms with E-state index in [1.54, 1.807) is 0 Å². The summed E-state index contributed by atoms with van der Waals surface area (Å²) in [4.78, 5) is 0.171. The molecule has 0 aliphatic rings. The Labute approximate surface area is 132 Å². The maximum atomic E-state index is 6.29. The van der Waals surface area contributed by atoms with Crippen LogP contribution in [0.5, 0.6) is 0 Å². The standard InChI is InChI=1S/C18H14BrCl/c1-12-5-4-6-13(11-12)18(19)16-9-10-17(20)15-8-3-2-7-14(15)16/h2-11,18H,1H3. The first-order valence-corrected chi connectivity index (χ1v) is 7.84. The molecule has 1 atom stereocenters. The number of fused-ring (bicyclic) bond motifs is 1. The molecule has 0 saturated carbocycles. The van der Waals surface area contributed by atoms with Crippen LogP contribution in [0.1, 0.15) is 21.5 Å². The van der Waals surface area contributed by atoms with Crippen LogP contribution in [0.4, 0.5) is 0 Å². The van der Waals surface area contributed by atoms with Gasteiger partial charge in [-0.05, 0) is 29.5 Å². The van der Waals surface area contributed by atoms with E-state index in [-0.39, 0.29) is 4.83 Å². The minimum absolute atomic E-state index is 0.171. The van der Waals surface area contributed by atoms with Gasteiger partial charge in [-0.1, -0.05) is 87.7 Å². The minimum atomic E-state index is 0.171. The Hall–Kier alpha value is -1.31. The molecule has 0 bridgehead atoms. The molecule has 0 amide bonds. The molecular weight excluding hydrogens is 332 g/mol. The summed E-state index contributed by atoms with van der Waals surface area (Å²) in [7, 11) is 0. The van der Waals surface area contributed by atoms with Gasteiger partial charge in [0.25, 0.3) is 0 Å². The van der Waals surface area contributed by atoms with Crippen molar-refractivity contribution < 1.29 is 0 Å². The van der Waals surface area contributed by atoms with Crippen LogP contribution in [0, 0.1) is 6.92 Å². The van der Waals surface area contributed by atoms with Gasteiger partial charge < -0.3 is 0 Å². The number of aryl methyl sites for hydroxylation is 1. The minimum Gasteiger partial charge on any atom is -0.0837 e. The zero-order chi connectivity index (χ0) is 14.1. The summed E-state index contributed by atoms with van der Waals surface area (Å²) < 4.78 is 0. The van der Waals surface area contributed by atoms with Gasteiger partial charge in [0.05, 0.1) is 4.83 Å². The third kappa shape index (κ3) is 2.48. The van der Waals surface area contributed by atoms with Gasteiger partial charge in [0, 0.05) is 10.4 Å². The first kappa shape index (κ1) is 13.7. The summed E-state index contributed by atoms with van der Waals surface area (Å²) in [6.45, 7) is 2.11. The summed E-state index contributed by atoms with van der Waals surface area (Å²) in [5.74, 6) is 0. The predicted octanol–water partition coefficient (Wildman–Crippen LogP) is 6.29. The first-order chi connectivity index (χ1) is 9.66. The molecule has 3 aromatic rings. The molecule has 100 valence electrons. The van der Waals surface area contributed by atoms with Gasteiger partial charge >= 0.3 is 0 Å². The molecule has 0 N–H and O–H groups in total. The quantitative estimate of drug-likeness (QED) is 0.479. The maximum Gasteiger partial charge on any atom is 0.0650 e. The van der Waals surface area contributed by atoms with Crippen molar-refractivity contribution in [1.82, 2.24) is 0 Å². The van der Waals surface area contributed by atoms with Gasteiger partial charge in [0.15, 0.2) is 0 Å². The summed E-state index contributed by atoms with van der Waals surface area (Å²) in [6.07, 6.45) is 0. The molecule has 1 unspecified atom stereocenters. The van der Waals surface area contributed by atoms with Crippen molar-refractivity contribution in [2.75, 3.05) is 0 Å². The molecule has 20 heavy (non-hydrogen) atoms. The van der Waals surface area contributed by atoms with Crippen LogP contribution >= 0.6 is 27.5 Å². The highest BCUT2D eigenvalue weighted by Gasteiger charge is 2.14. The van der Waals surface area contributed by atoms with Crippen molar-refractivity contribution in [1.29, 1.82) is 0 Å². The number of halogens is 2. The van der Waals surface area contributed by atoms with Crippen LogP contribution in [0.15, 0.2) is 60.7 Å². The fourth-order valence-electron chi connectivity index (χ4n) is 2.51. The molecule has 0 saturated heterocycles. The zero-order valence-electron chi connectivity index (χ0n) is 11.1. The second kappa shape index (κ2) is 5.59. The van der Waals surface area contributed by atoms with Crippen molar-refractivity contribution in [3.05, 3.63) is 82.4 Å². The molecular formula is C18H14BrCl. The van der Waals surface area contributed by atoms with Crippen molar-refractivity contribution in [2.24, 2.45) is 0 Å². The van der Waals surface area contributed by atoms with E-state index in [2.05, 4.69) is 71.4 Å². The Balaban J connectivity index is 2.17. The molecule has 0 aliphatic heterocycles. The van der Waals surface area contributed by atoms with Crippen LogP contribution in [0.3, 0.4) is 0 Å². The maximum absolute atomic E-state index is 6.29. The third-order valence-electron chi connectivity index (χ3n) is 3.51. The summed E-state index contributed by atoms with van der Waals surface area (Å²) in [5, 5.41) is 3.10. The fraction of sp³-hybridized carbons (Fsp3) is 0.111. The van der Waals surface area contributed by atoms with Crippen LogP contribution in [0.2, 0.25) is 5.02 Å². The van der Waals surface area contributed by atoms with Crippen molar-refractivity contribution >= 4 is 38.3 Å². The molecule has 0 nitrogen and oxygen atoms in total.